The van der Waals surface area contributed by atoms with Crippen LogP contribution in [0.15, 0.2) is 24.3 Å². The third-order valence-electron chi connectivity index (χ3n) is 2.34. The lowest BCUT2D eigenvalue weighted by Gasteiger charge is -2.23. The highest BCUT2D eigenvalue weighted by atomic mass is 16.6. The maximum Gasteiger partial charge on any atom is 0.407 e. The van der Waals surface area contributed by atoms with Gasteiger partial charge in [0.1, 0.15) is 6.61 Å². The number of benzene rings is 1. The van der Waals surface area contributed by atoms with Crippen LogP contribution in [0.3, 0.4) is 0 Å². The molecule has 1 fully saturated rings. The summed E-state index contributed by atoms with van der Waals surface area (Å²) in [6.45, 7) is 0.993. The molecule has 0 aliphatic carbocycles. The van der Waals surface area contributed by atoms with Gasteiger partial charge < -0.3 is 15.8 Å². The normalized spacial score (nSPS) is 21.1. The molecule has 1 saturated heterocycles. The number of nitrogens with one attached hydrogen (secondary N) is 1. The van der Waals surface area contributed by atoms with Crippen molar-refractivity contribution in [3.8, 4) is 0 Å². The Morgan fingerprint density at radius 1 is 1.43 bits per heavy atom. The topological polar surface area (TPSA) is 64.3 Å². The minimum absolute atomic E-state index is 0.161. The van der Waals surface area contributed by atoms with E-state index >= 15 is 0 Å². The van der Waals surface area contributed by atoms with E-state index in [-0.39, 0.29) is 12.0 Å². The van der Waals surface area contributed by atoms with Gasteiger partial charge in [-0.1, -0.05) is 18.2 Å². The van der Waals surface area contributed by atoms with E-state index in [4.69, 9.17) is 10.5 Å². The Bertz CT molecular complexity index is 342. The zero-order valence-corrected chi connectivity index (χ0v) is 7.69. The van der Waals surface area contributed by atoms with Gasteiger partial charge in [-0.15, -0.1) is 0 Å². The van der Waals surface area contributed by atoms with Crippen molar-refractivity contribution in [1.29, 1.82) is 0 Å². The summed E-state index contributed by atoms with van der Waals surface area (Å²) in [4.78, 5) is 10.8. The molecule has 0 radical (unpaired) electrons. The second-order valence-electron chi connectivity index (χ2n) is 3.31. The van der Waals surface area contributed by atoms with Crippen molar-refractivity contribution < 1.29 is 9.53 Å². The van der Waals surface area contributed by atoms with E-state index in [0.717, 1.165) is 11.3 Å². The van der Waals surface area contributed by atoms with Crippen LogP contribution in [0.25, 0.3) is 0 Å². The molecule has 4 nitrogen and oxygen atoms in total. The third kappa shape index (κ3) is 1.64. The minimum atomic E-state index is -0.351. The van der Waals surface area contributed by atoms with Crippen LogP contribution >= 0.6 is 0 Å². The zero-order chi connectivity index (χ0) is 9.97. The SMILES string of the molecule is Nc1ccccc1C1CNC(=O)OC1. The van der Waals surface area contributed by atoms with Gasteiger partial charge in [-0.2, -0.15) is 0 Å². The molecular weight excluding hydrogens is 180 g/mol. The molecule has 1 amide bonds. The van der Waals surface area contributed by atoms with E-state index in [1.807, 2.05) is 24.3 Å². The van der Waals surface area contributed by atoms with Crippen molar-refractivity contribution in [3.05, 3.63) is 29.8 Å². The lowest BCUT2D eigenvalue weighted by molar-refractivity contribution is 0.120. The Labute approximate surface area is 82.1 Å². The Morgan fingerprint density at radius 2 is 2.21 bits per heavy atom. The lowest BCUT2D eigenvalue weighted by Crippen LogP contribution is -2.37. The molecule has 14 heavy (non-hydrogen) atoms. The molecule has 4 heteroatoms. The number of cyclic esters (lactones) is 1. The Kier molecular flexibility index (Phi) is 2.26. The van der Waals surface area contributed by atoms with Crippen molar-refractivity contribution in [2.75, 3.05) is 18.9 Å². The number of hydrogen-bond acceptors (Lipinski definition) is 3. The third-order valence-corrected chi connectivity index (χ3v) is 2.34. The van der Waals surface area contributed by atoms with E-state index in [2.05, 4.69) is 5.32 Å². The summed E-state index contributed by atoms with van der Waals surface area (Å²) in [5.74, 6) is 0.161. The molecule has 1 unspecified atom stereocenters. The lowest BCUT2D eigenvalue weighted by atomic mass is 9.97. The Balaban J connectivity index is 2.16. The van der Waals surface area contributed by atoms with Crippen LogP contribution in [-0.2, 0) is 4.74 Å². The number of anilines is 1. The van der Waals surface area contributed by atoms with Crippen LogP contribution < -0.4 is 11.1 Å². The van der Waals surface area contributed by atoms with Crippen molar-refractivity contribution in [2.45, 2.75) is 5.92 Å². The summed E-state index contributed by atoms with van der Waals surface area (Å²) in [6, 6.07) is 7.63. The number of rotatable bonds is 1. The van der Waals surface area contributed by atoms with Gasteiger partial charge in [0, 0.05) is 18.2 Å². The van der Waals surface area contributed by atoms with E-state index in [1.54, 1.807) is 0 Å². The predicted molar refractivity (Wildman–Crippen MR) is 52.9 cm³/mol. The van der Waals surface area contributed by atoms with E-state index in [9.17, 15) is 4.79 Å². The van der Waals surface area contributed by atoms with Gasteiger partial charge >= 0.3 is 6.09 Å². The maximum atomic E-state index is 10.8. The largest absolute Gasteiger partial charge is 0.449 e. The molecule has 3 N–H and O–H groups in total. The molecule has 1 aromatic rings. The van der Waals surface area contributed by atoms with Crippen LogP contribution in [0.1, 0.15) is 11.5 Å². The molecule has 74 valence electrons. The highest BCUT2D eigenvalue weighted by molar-refractivity contribution is 5.68. The molecule has 1 atom stereocenters. The van der Waals surface area contributed by atoms with Crippen molar-refractivity contribution in [2.24, 2.45) is 0 Å². The van der Waals surface area contributed by atoms with Gasteiger partial charge in [0.05, 0.1) is 0 Å². The molecule has 0 aromatic heterocycles. The first kappa shape index (κ1) is 8.87. The van der Waals surface area contributed by atoms with Gasteiger partial charge in [-0.05, 0) is 11.6 Å². The maximum absolute atomic E-state index is 10.8. The van der Waals surface area contributed by atoms with Crippen LogP contribution in [-0.4, -0.2) is 19.2 Å². The number of ether oxygens (including phenoxy) is 1. The summed E-state index contributed by atoms with van der Waals surface area (Å²) in [6.07, 6.45) is -0.351. The number of alkyl carbamates (subject to hydrolysis) is 1. The van der Waals surface area contributed by atoms with Crippen LogP contribution in [0.2, 0.25) is 0 Å². The zero-order valence-electron chi connectivity index (χ0n) is 7.69. The van der Waals surface area contributed by atoms with Gasteiger partial charge in [-0.3, -0.25) is 0 Å². The summed E-state index contributed by atoms with van der Waals surface area (Å²) in [5.41, 5.74) is 7.60. The summed E-state index contributed by atoms with van der Waals surface area (Å²) in [7, 11) is 0. The number of para-hydroxylation sites is 1. The molecule has 1 aliphatic heterocycles. The molecule has 2 rings (SSSR count). The summed E-state index contributed by atoms with van der Waals surface area (Å²) >= 11 is 0. The molecule has 1 heterocycles. The van der Waals surface area contributed by atoms with Gasteiger partial charge in [-0.25, -0.2) is 4.79 Å². The van der Waals surface area contributed by atoms with E-state index < -0.39 is 0 Å². The van der Waals surface area contributed by atoms with Gasteiger partial charge in [0.25, 0.3) is 0 Å². The molecule has 1 aromatic carbocycles. The molecule has 0 bridgehead atoms. The first-order chi connectivity index (χ1) is 6.77. The monoisotopic (exact) mass is 192 g/mol. The average molecular weight is 192 g/mol. The molecule has 0 saturated carbocycles. The van der Waals surface area contributed by atoms with Crippen LogP contribution in [0.4, 0.5) is 10.5 Å². The molecule has 0 spiro atoms. The predicted octanol–water partition coefficient (Wildman–Crippen LogP) is 1.09. The van der Waals surface area contributed by atoms with Crippen molar-refractivity contribution in [1.82, 2.24) is 5.32 Å². The number of hydrogen-bond donors (Lipinski definition) is 2. The highest BCUT2D eigenvalue weighted by Crippen LogP contribution is 2.23. The summed E-state index contributed by atoms with van der Waals surface area (Å²) in [5, 5.41) is 2.64. The average Bonchev–Trinajstić information content (AvgIpc) is 2.20. The number of carbonyl (C=O) groups excluding carboxylic acids is 1. The van der Waals surface area contributed by atoms with E-state index in [0.29, 0.717) is 13.2 Å². The first-order valence-corrected chi connectivity index (χ1v) is 4.52. The molecular formula is C10H12N2O2. The number of carbonyl (C=O) groups is 1. The van der Waals surface area contributed by atoms with Gasteiger partial charge in [0.15, 0.2) is 0 Å². The Morgan fingerprint density at radius 3 is 2.86 bits per heavy atom. The van der Waals surface area contributed by atoms with Crippen LogP contribution in [0.5, 0.6) is 0 Å². The highest BCUT2D eigenvalue weighted by Gasteiger charge is 2.21. The van der Waals surface area contributed by atoms with Crippen molar-refractivity contribution >= 4 is 11.8 Å². The number of nitrogens with two attached hydrogens (primary N) is 1. The van der Waals surface area contributed by atoms with E-state index in [1.165, 1.54) is 0 Å². The summed E-state index contributed by atoms with van der Waals surface area (Å²) < 4.78 is 4.89. The fraction of sp³-hybridized carbons (Fsp3) is 0.300. The van der Waals surface area contributed by atoms with Crippen molar-refractivity contribution in [3.63, 3.8) is 0 Å². The Hall–Kier alpha value is -1.71. The second-order valence-corrected chi connectivity index (χ2v) is 3.31. The smallest absolute Gasteiger partial charge is 0.407 e. The van der Waals surface area contributed by atoms with Gasteiger partial charge in [0.2, 0.25) is 0 Å². The molecule has 1 aliphatic rings. The fourth-order valence-electron chi connectivity index (χ4n) is 1.58. The fourth-order valence-corrected chi connectivity index (χ4v) is 1.58. The minimum Gasteiger partial charge on any atom is -0.449 e. The number of amides is 1. The standard InChI is InChI=1S/C10H12N2O2/c11-9-4-2-1-3-8(9)7-5-12-10(13)14-6-7/h1-4,7H,5-6,11H2,(H,12,13). The number of nitrogen functional groups attached to an aromatic ring is 1. The van der Waals surface area contributed by atoms with Crippen LogP contribution in [0, 0.1) is 0 Å². The second kappa shape index (κ2) is 3.57. The quantitative estimate of drug-likeness (QED) is 0.655. The first-order valence-electron chi connectivity index (χ1n) is 4.52.